The number of rotatable bonds is 6. The van der Waals surface area contributed by atoms with Crippen LogP contribution in [-0.2, 0) is 22.3 Å². The highest BCUT2D eigenvalue weighted by Gasteiger charge is 2.37. The normalized spacial score (nSPS) is 19.2. The zero-order valence-corrected chi connectivity index (χ0v) is 15.2. The van der Waals surface area contributed by atoms with Crippen LogP contribution in [0.3, 0.4) is 0 Å². The molecule has 0 saturated carbocycles. The second kappa shape index (κ2) is 8.56. The van der Waals surface area contributed by atoms with Crippen molar-refractivity contribution in [3.63, 3.8) is 0 Å². The SMILES string of the molecule is C=C(F)C(=O)N1C[C@@H](Nc2ncccn2)[C@H](OCc2ccc(C(F)(F)F)cc2)C1. The fourth-order valence-electron chi connectivity index (χ4n) is 2.95. The van der Waals surface area contributed by atoms with Crippen LogP contribution in [0, 0.1) is 0 Å². The molecule has 1 aliphatic heterocycles. The van der Waals surface area contributed by atoms with Crippen LogP contribution in [0.5, 0.6) is 0 Å². The van der Waals surface area contributed by atoms with Gasteiger partial charge in [0.05, 0.1) is 24.3 Å². The molecule has 1 fully saturated rings. The number of aromatic nitrogens is 2. The lowest BCUT2D eigenvalue weighted by Gasteiger charge is -2.20. The van der Waals surface area contributed by atoms with Gasteiger partial charge in [-0.15, -0.1) is 0 Å². The number of anilines is 1. The molecule has 29 heavy (non-hydrogen) atoms. The standard InChI is InChI=1S/C19H18F4N4O2/c1-12(20)17(28)27-9-15(26-18-24-7-2-8-25-18)16(10-27)29-11-13-3-5-14(6-4-13)19(21,22)23/h2-8,15-16H,1,9-11H2,(H,24,25,26)/t15-,16-/m1/s1. The van der Waals surface area contributed by atoms with Crippen LogP contribution in [0.2, 0.25) is 0 Å². The molecule has 2 atom stereocenters. The van der Waals surface area contributed by atoms with E-state index in [1.165, 1.54) is 29.4 Å². The summed E-state index contributed by atoms with van der Waals surface area (Å²) >= 11 is 0. The monoisotopic (exact) mass is 410 g/mol. The van der Waals surface area contributed by atoms with Crippen molar-refractivity contribution in [2.24, 2.45) is 0 Å². The van der Waals surface area contributed by atoms with Gasteiger partial charge in [0, 0.05) is 25.5 Å². The first kappa shape index (κ1) is 20.7. The Bertz CT molecular complexity index is 859. The molecule has 154 valence electrons. The quantitative estimate of drug-likeness (QED) is 0.585. The molecule has 0 bridgehead atoms. The zero-order valence-electron chi connectivity index (χ0n) is 15.2. The van der Waals surface area contributed by atoms with Gasteiger partial charge in [-0.2, -0.15) is 13.2 Å². The van der Waals surface area contributed by atoms with Gasteiger partial charge in [0.1, 0.15) is 0 Å². The third kappa shape index (κ3) is 5.29. The molecule has 0 unspecified atom stereocenters. The first-order valence-electron chi connectivity index (χ1n) is 8.69. The average molecular weight is 410 g/mol. The third-order valence-corrected chi connectivity index (χ3v) is 4.41. The smallest absolute Gasteiger partial charge is 0.369 e. The van der Waals surface area contributed by atoms with Crippen LogP contribution in [-0.4, -0.2) is 46.0 Å². The van der Waals surface area contributed by atoms with E-state index in [2.05, 4.69) is 21.9 Å². The van der Waals surface area contributed by atoms with E-state index in [0.717, 1.165) is 12.1 Å². The Hall–Kier alpha value is -3.01. The molecular weight excluding hydrogens is 392 g/mol. The molecule has 0 spiro atoms. The number of ether oxygens (including phenoxy) is 1. The number of benzene rings is 1. The molecule has 10 heteroatoms. The van der Waals surface area contributed by atoms with Crippen molar-refractivity contribution in [1.82, 2.24) is 14.9 Å². The van der Waals surface area contributed by atoms with Crippen molar-refractivity contribution < 1.29 is 27.1 Å². The van der Waals surface area contributed by atoms with Gasteiger partial charge < -0.3 is 15.0 Å². The van der Waals surface area contributed by atoms with Crippen LogP contribution in [0.15, 0.2) is 55.1 Å². The van der Waals surface area contributed by atoms with Crippen molar-refractivity contribution in [2.75, 3.05) is 18.4 Å². The molecule has 3 rings (SSSR count). The van der Waals surface area contributed by atoms with Crippen LogP contribution in [0.4, 0.5) is 23.5 Å². The number of nitrogens with one attached hydrogen (secondary N) is 1. The number of hydrogen-bond donors (Lipinski definition) is 1. The number of carbonyl (C=O) groups excluding carboxylic acids is 1. The first-order chi connectivity index (χ1) is 13.7. The number of hydrogen-bond acceptors (Lipinski definition) is 5. The molecule has 1 amide bonds. The van der Waals surface area contributed by atoms with Crippen molar-refractivity contribution >= 4 is 11.9 Å². The average Bonchev–Trinajstić information content (AvgIpc) is 3.08. The highest BCUT2D eigenvalue weighted by molar-refractivity contribution is 5.90. The molecule has 1 aromatic carbocycles. The largest absolute Gasteiger partial charge is 0.416 e. The van der Waals surface area contributed by atoms with E-state index in [4.69, 9.17) is 4.74 Å². The number of nitrogens with zero attached hydrogens (tertiary/aromatic N) is 3. The summed E-state index contributed by atoms with van der Waals surface area (Å²) in [7, 11) is 0. The highest BCUT2D eigenvalue weighted by Crippen LogP contribution is 2.29. The highest BCUT2D eigenvalue weighted by atomic mass is 19.4. The fraction of sp³-hybridized carbons (Fsp3) is 0.316. The van der Waals surface area contributed by atoms with Gasteiger partial charge in [-0.25, -0.2) is 14.4 Å². The van der Waals surface area contributed by atoms with Crippen molar-refractivity contribution in [1.29, 1.82) is 0 Å². The third-order valence-electron chi connectivity index (χ3n) is 4.41. The summed E-state index contributed by atoms with van der Waals surface area (Å²) in [6.45, 7) is 3.27. The lowest BCUT2D eigenvalue weighted by atomic mass is 10.1. The molecular formula is C19H18F4N4O2. The Kier molecular flexibility index (Phi) is 6.12. The van der Waals surface area contributed by atoms with Crippen LogP contribution in [0.1, 0.15) is 11.1 Å². The van der Waals surface area contributed by atoms with Gasteiger partial charge in [-0.3, -0.25) is 4.79 Å². The Labute approximate surface area is 164 Å². The van der Waals surface area contributed by atoms with Gasteiger partial charge in [0.2, 0.25) is 5.95 Å². The Balaban J connectivity index is 1.68. The van der Waals surface area contributed by atoms with Crippen molar-refractivity contribution in [3.8, 4) is 0 Å². The predicted molar refractivity (Wildman–Crippen MR) is 96.3 cm³/mol. The van der Waals surface area contributed by atoms with Gasteiger partial charge in [0.25, 0.3) is 5.91 Å². The molecule has 0 aliphatic carbocycles. The molecule has 1 aromatic heterocycles. The second-order valence-corrected chi connectivity index (χ2v) is 6.48. The maximum Gasteiger partial charge on any atom is 0.416 e. The summed E-state index contributed by atoms with van der Waals surface area (Å²) in [5.74, 6) is -1.61. The predicted octanol–water partition coefficient (Wildman–Crippen LogP) is 3.19. The van der Waals surface area contributed by atoms with E-state index < -0.39 is 35.6 Å². The summed E-state index contributed by atoms with van der Waals surface area (Å²) in [6.07, 6.45) is -1.89. The Morgan fingerprint density at radius 2 is 1.86 bits per heavy atom. The van der Waals surface area contributed by atoms with E-state index in [0.29, 0.717) is 11.5 Å². The lowest BCUT2D eigenvalue weighted by molar-refractivity contribution is -0.137. The number of carbonyl (C=O) groups is 1. The Morgan fingerprint density at radius 1 is 1.21 bits per heavy atom. The number of alkyl halides is 3. The number of likely N-dealkylation sites (tertiary alicyclic amines) is 1. The minimum absolute atomic E-state index is 0.0230. The van der Waals surface area contributed by atoms with E-state index >= 15 is 0 Å². The minimum atomic E-state index is -4.41. The van der Waals surface area contributed by atoms with Crippen LogP contribution >= 0.6 is 0 Å². The van der Waals surface area contributed by atoms with Gasteiger partial charge >= 0.3 is 6.18 Å². The van der Waals surface area contributed by atoms with E-state index in [1.54, 1.807) is 6.07 Å². The summed E-state index contributed by atoms with van der Waals surface area (Å²) in [6, 6.07) is 5.81. The molecule has 1 saturated heterocycles. The lowest BCUT2D eigenvalue weighted by Crippen LogP contribution is -2.35. The first-order valence-corrected chi connectivity index (χ1v) is 8.69. The van der Waals surface area contributed by atoms with Crippen LogP contribution in [0.25, 0.3) is 0 Å². The maximum atomic E-state index is 13.2. The van der Waals surface area contributed by atoms with Crippen molar-refractivity contribution in [3.05, 3.63) is 66.3 Å². The number of amides is 1. The maximum absolute atomic E-state index is 13.2. The van der Waals surface area contributed by atoms with Gasteiger partial charge in [-0.1, -0.05) is 18.7 Å². The topological polar surface area (TPSA) is 67.4 Å². The van der Waals surface area contributed by atoms with Crippen molar-refractivity contribution in [2.45, 2.75) is 24.9 Å². The molecule has 2 aromatic rings. The summed E-state index contributed by atoms with van der Waals surface area (Å²) in [5, 5.41) is 3.04. The minimum Gasteiger partial charge on any atom is -0.369 e. The molecule has 6 nitrogen and oxygen atoms in total. The van der Waals surface area contributed by atoms with Gasteiger partial charge in [-0.05, 0) is 23.8 Å². The molecule has 0 radical (unpaired) electrons. The van der Waals surface area contributed by atoms with Gasteiger partial charge in [0.15, 0.2) is 5.83 Å². The summed E-state index contributed by atoms with van der Waals surface area (Å²) in [5.41, 5.74) is -0.214. The zero-order chi connectivity index (χ0) is 21.0. The Morgan fingerprint density at radius 3 is 2.45 bits per heavy atom. The number of halogens is 4. The van der Waals surface area contributed by atoms with E-state index in [-0.39, 0.29) is 19.7 Å². The molecule has 2 heterocycles. The molecule has 1 aliphatic rings. The van der Waals surface area contributed by atoms with E-state index in [1.807, 2.05) is 0 Å². The fourth-order valence-corrected chi connectivity index (χ4v) is 2.95. The summed E-state index contributed by atoms with van der Waals surface area (Å²) < 4.78 is 57.1. The second-order valence-electron chi connectivity index (χ2n) is 6.48. The van der Waals surface area contributed by atoms with E-state index in [9.17, 15) is 22.4 Å². The summed E-state index contributed by atoms with van der Waals surface area (Å²) in [4.78, 5) is 21.3. The molecule has 1 N–H and O–H groups in total. The van der Waals surface area contributed by atoms with Crippen LogP contribution < -0.4 is 5.32 Å².